The molecule has 2 aliphatic rings. The van der Waals surface area contributed by atoms with Gasteiger partial charge in [-0.2, -0.15) is 0 Å². The number of carbonyl (C=O) groups excluding carboxylic acids is 1. The molecule has 2 aliphatic heterocycles. The Labute approximate surface area is 204 Å². The van der Waals surface area contributed by atoms with E-state index in [1.165, 1.54) is 0 Å². The number of carbonyl (C=O) groups is 1. The second-order valence-electron chi connectivity index (χ2n) is 8.48. The van der Waals surface area contributed by atoms with Gasteiger partial charge in [-0.25, -0.2) is 0 Å². The number of Topliss-reactive ketones (excluding diaryl/α,β-unsaturated/α-hetero) is 1. The van der Waals surface area contributed by atoms with Crippen molar-refractivity contribution in [3.05, 3.63) is 93.2 Å². The number of benzene rings is 3. The maximum atomic E-state index is 13.2. The number of hydrogen-bond donors (Lipinski definition) is 0. The zero-order valence-electron chi connectivity index (χ0n) is 19.3. The number of nitrogens with zero attached hydrogens (tertiary/aromatic N) is 1. The Bertz CT molecular complexity index is 1270. The molecule has 5 nitrogen and oxygen atoms in total. The summed E-state index contributed by atoms with van der Waals surface area (Å²) < 4.78 is 17.6. The highest BCUT2D eigenvalue weighted by Gasteiger charge is 2.33. The third kappa shape index (κ3) is 4.41. The normalized spacial score (nSPS) is 16.1. The molecule has 0 radical (unpaired) electrons. The monoisotopic (exact) mass is 475 g/mol. The summed E-state index contributed by atoms with van der Waals surface area (Å²) in [7, 11) is 0. The molecule has 0 amide bonds. The first-order valence-corrected chi connectivity index (χ1v) is 11.8. The molecule has 3 aromatic rings. The first-order valence-electron chi connectivity index (χ1n) is 11.5. The second-order valence-corrected chi connectivity index (χ2v) is 8.88. The molecule has 0 saturated carbocycles. The highest BCUT2D eigenvalue weighted by atomic mass is 35.5. The highest BCUT2D eigenvalue weighted by molar-refractivity contribution is 6.31. The zero-order chi connectivity index (χ0) is 23.7. The molecule has 0 fully saturated rings. The largest absolute Gasteiger partial charge is 0.494 e. The molecule has 0 N–H and O–H groups in total. The predicted octanol–water partition coefficient (Wildman–Crippen LogP) is 6.06. The average molecular weight is 476 g/mol. The quantitative estimate of drug-likeness (QED) is 0.406. The van der Waals surface area contributed by atoms with Gasteiger partial charge in [-0.1, -0.05) is 41.9 Å². The van der Waals surface area contributed by atoms with Gasteiger partial charge < -0.3 is 14.2 Å². The van der Waals surface area contributed by atoms with Crippen LogP contribution in [-0.4, -0.2) is 30.6 Å². The lowest BCUT2D eigenvalue weighted by Crippen LogP contribution is -2.34. The van der Waals surface area contributed by atoms with E-state index in [1.807, 2.05) is 68.4 Å². The van der Waals surface area contributed by atoms with Crippen LogP contribution in [0.2, 0.25) is 5.02 Å². The van der Waals surface area contributed by atoms with Crippen molar-refractivity contribution < 1.29 is 19.0 Å². The number of halogens is 1. The molecular formula is C28H26ClNO4. The van der Waals surface area contributed by atoms with Gasteiger partial charge in [0.1, 0.15) is 24.0 Å². The summed E-state index contributed by atoms with van der Waals surface area (Å²) in [5.74, 6) is 2.41. The average Bonchev–Trinajstić information content (AvgIpc) is 3.15. The smallest absolute Gasteiger partial charge is 0.231 e. The highest BCUT2D eigenvalue weighted by Crippen LogP contribution is 2.43. The fourth-order valence-electron chi connectivity index (χ4n) is 4.40. The standard InChI is InChI=1S/C28H26ClNO4/c1-3-32-22-10-8-19(9-11-22)14-25-26(31)23-15-21-16-30(13-12-20-6-4-5-7-24(20)29)17-33-27(21)18(2)28(23)34-25/h4-11,14-15H,3,12-13,16-17H2,1-2H3/b25-14-. The lowest BCUT2D eigenvalue weighted by Gasteiger charge is -2.30. The molecule has 0 aromatic heterocycles. The van der Waals surface area contributed by atoms with E-state index in [2.05, 4.69) is 4.90 Å². The van der Waals surface area contributed by atoms with Gasteiger partial charge in [0.15, 0.2) is 5.76 Å². The van der Waals surface area contributed by atoms with Crippen molar-refractivity contribution in [2.45, 2.75) is 26.8 Å². The van der Waals surface area contributed by atoms with Crippen molar-refractivity contribution in [3.63, 3.8) is 0 Å². The van der Waals surface area contributed by atoms with E-state index in [-0.39, 0.29) is 5.78 Å². The van der Waals surface area contributed by atoms with Gasteiger partial charge in [-0.3, -0.25) is 9.69 Å². The lowest BCUT2D eigenvalue weighted by molar-refractivity contribution is 0.0954. The van der Waals surface area contributed by atoms with Gasteiger partial charge in [-0.15, -0.1) is 0 Å². The van der Waals surface area contributed by atoms with Crippen molar-refractivity contribution in [1.82, 2.24) is 4.90 Å². The van der Waals surface area contributed by atoms with E-state index in [0.29, 0.717) is 37.0 Å². The SMILES string of the molecule is CCOc1ccc(/C=C2\Oc3c(cc4c(c3C)OCN(CCc3ccccc3Cl)C4)C2=O)cc1. The summed E-state index contributed by atoms with van der Waals surface area (Å²) in [6, 6.07) is 17.4. The fraction of sp³-hybridized carbons (Fsp3) is 0.250. The Balaban J connectivity index is 1.34. The lowest BCUT2D eigenvalue weighted by atomic mass is 10.00. The van der Waals surface area contributed by atoms with E-state index < -0.39 is 0 Å². The molecule has 0 spiro atoms. The zero-order valence-corrected chi connectivity index (χ0v) is 20.0. The van der Waals surface area contributed by atoms with Crippen LogP contribution >= 0.6 is 11.6 Å². The van der Waals surface area contributed by atoms with E-state index in [1.54, 1.807) is 6.08 Å². The van der Waals surface area contributed by atoms with Gasteiger partial charge in [0, 0.05) is 29.2 Å². The Morgan fingerprint density at radius 1 is 1.12 bits per heavy atom. The van der Waals surface area contributed by atoms with E-state index >= 15 is 0 Å². The van der Waals surface area contributed by atoms with Crippen LogP contribution in [0.15, 0.2) is 60.4 Å². The van der Waals surface area contributed by atoms with Crippen LogP contribution in [0.1, 0.15) is 39.5 Å². The number of rotatable bonds is 6. The minimum Gasteiger partial charge on any atom is -0.494 e. The minimum atomic E-state index is -0.108. The van der Waals surface area contributed by atoms with Gasteiger partial charge in [0.25, 0.3) is 0 Å². The summed E-state index contributed by atoms with van der Waals surface area (Å²) in [4.78, 5) is 15.4. The van der Waals surface area contributed by atoms with Crippen molar-refractivity contribution in [2.75, 3.05) is 19.9 Å². The summed E-state index contributed by atoms with van der Waals surface area (Å²) in [5, 5.41) is 0.782. The number of ether oxygens (including phenoxy) is 3. The topological polar surface area (TPSA) is 48.0 Å². The van der Waals surface area contributed by atoms with Crippen molar-refractivity contribution in [3.8, 4) is 17.2 Å². The molecule has 34 heavy (non-hydrogen) atoms. The maximum absolute atomic E-state index is 13.2. The molecule has 5 rings (SSSR count). The molecule has 0 atom stereocenters. The molecule has 0 aliphatic carbocycles. The van der Waals surface area contributed by atoms with Crippen LogP contribution in [-0.2, 0) is 13.0 Å². The van der Waals surface area contributed by atoms with Crippen molar-refractivity contribution >= 4 is 23.5 Å². The van der Waals surface area contributed by atoms with E-state index in [0.717, 1.165) is 51.7 Å². The van der Waals surface area contributed by atoms with Crippen molar-refractivity contribution in [1.29, 1.82) is 0 Å². The fourth-order valence-corrected chi connectivity index (χ4v) is 4.63. The molecule has 174 valence electrons. The van der Waals surface area contributed by atoms with Crippen LogP contribution in [0.5, 0.6) is 17.2 Å². The van der Waals surface area contributed by atoms with Gasteiger partial charge in [0.05, 0.1) is 12.2 Å². The van der Waals surface area contributed by atoms with Gasteiger partial charge in [-0.05, 0) is 61.7 Å². The molecule has 0 saturated heterocycles. The van der Waals surface area contributed by atoms with Crippen molar-refractivity contribution in [2.24, 2.45) is 0 Å². The third-order valence-corrected chi connectivity index (χ3v) is 6.51. The van der Waals surface area contributed by atoms with Crippen LogP contribution in [0.3, 0.4) is 0 Å². The minimum absolute atomic E-state index is 0.108. The van der Waals surface area contributed by atoms with Crippen LogP contribution < -0.4 is 14.2 Å². The Morgan fingerprint density at radius 3 is 2.68 bits per heavy atom. The van der Waals surface area contributed by atoms with Gasteiger partial charge >= 0.3 is 0 Å². The Kier molecular flexibility index (Phi) is 6.31. The predicted molar refractivity (Wildman–Crippen MR) is 133 cm³/mol. The Morgan fingerprint density at radius 2 is 1.91 bits per heavy atom. The molecule has 0 unspecified atom stereocenters. The summed E-state index contributed by atoms with van der Waals surface area (Å²) >= 11 is 6.30. The first kappa shape index (κ1) is 22.5. The van der Waals surface area contributed by atoms with Crippen LogP contribution in [0.4, 0.5) is 0 Å². The van der Waals surface area contributed by atoms with E-state index in [9.17, 15) is 4.79 Å². The second kappa shape index (κ2) is 9.53. The van der Waals surface area contributed by atoms with Crippen LogP contribution in [0, 0.1) is 6.92 Å². The molecule has 3 aromatic carbocycles. The number of fused-ring (bicyclic) bond motifs is 2. The summed E-state index contributed by atoms with van der Waals surface area (Å²) in [6.45, 7) is 6.51. The molecule has 0 bridgehead atoms. The Hall–Kier alpha value is -3.28. The molecular weight excluding hydrogens is 450 g/mol. The summed E-state index contributed by atoms with van der Waals surface area (Å²) in [6.07, 6.45) is 2.60. The third-order valence-electron chi connectivity index (χ3n) is 6.15. The summed E-state index contributed by atoms with van der Waals surface area (Å²) in [5.41, 5.74) is 4.45. The first-order chi connectivity index (χ1) is 16.5. The van der Waals surface area contributed by atoms with E-state index in [4.69, 9.17) is 25.8 Å². The van der Waals surface area contributed by atoms with Gasteiger partial charge in [0.2, 0.25) is 5.78 Å². The number of ketones is 1. The molecule has 2 heterocycles. The maximum Gasteiger partial charge on any atom is 0.231 e. The van der Waals surface area contributed by atoms with Crippen LogP contribution in [0.25, 0.3) is 6.08 Å². The molecule has 6 heteroatoms. The number of hydrogen-bond acceptors (Lipinski definition) is 5. The number of allylic oxidation sites excluding steroid dienone is 1.